The van der Waals surface area contributed by atoms with Gasteiger partial charge in [-0.05, 0) is 62.4 Å². The molecule has 0 unspecified atom stereocenters. The van der Waals surface area contributed by atoms with Gasteiger partial charge in [0.05, 0.1) is 20.3 Å². The van der Waals surface area contributed by atoms with Crippen molar-refractivity contribution in [3.63, 3.8) is 0 Å². The second-order valence-electron chi connectivity index (χ2n) is 8.42. The summed E-state index contributed by atoms with van der Waals surface area (Å²) in [7, 11) is 3.32. The molecule has 1 aliphatic rings. The summed E-state index contributed by atoms with van der Waals surface area (Å²) >= 11 is 0. The van der Waals surface area contributed by atoms with Gasteiger partial charge >= 0.3 is 0 Å². The first kappa shape index (κ1) is 23.0. The zero-order valence-electron chi connectivity index (χ0n) is 19.2. The number of benzene rings is 2. The molecule has 2 aromatic rings. The number of carbonyl (C=O) groups is 1. The molecule has 1 aliphatic carbocycles. The zero-order valence-corrected chi connectivity index (χ0v) is 19.2. The monoisotopic (exact) mass is 425 g/mol. The number of hydrogen-bond donors (Lipinski definition) is 0. The largest absolute Gasteiger partial charge is 0.496 e. The summed E-state index contributed by atoms with van der Waals surface area (Å²) in [5.41, 5.74) is 2.13. The van der Waals surface area contributed by atoms with Crippen molar-refractivity contribution < 1.29 is 19.0 Å². The van der Waals surface area contributed by atoms with Crippen molar-refractivity contribution in [3.8, 4) is 17.2 Å². The molecule has 0 atom stereocenters. The van der Waals surface area contributed by atoms with Gasteiger partial charge in [-0.25, -0.2) is 0 Å². The molecule has 0 saturated heterocycles. The molecule has 2 aromatic carbocycles. The lowest BCUT2D eigenvalue weighted by Crippen LogP contribution is -2.38. The van der Waals surface area contributed by atoms with Crippen molar-refractivity contribution in [1.82, 2.24) is 4.90 Å². The highest BCUT2D eigenvalue weighted by Gasteiger charge is 2.27. The second-order valence-corrected chi connectivity index (χ2v) is 8.42. The molecule has 1 amide bonds. The van der Waals surface area contributed by atoms with E-state index in [1.165, 1.54) is 12.8 Å². The lowest BCUT2D eigenvalue weighted by molar-refractivity contribution is -0.134. The van der Waals surface area contributed by atoms with E-state index in [0.29, 0.717) is 31.2 Å². The average molecular weight is 426 g/mol. The van der Waals surface area contributed by atoms with Crippen molar-refractivity contribution >= 4 is 5.91 Å². The Kier molecular flexibility index (Phi) is 8.21. The number of aryl methyl sites for hydroxylation is 1. The average Bonchev–Trinajstić information content (AvgIpc) is 3.30. The molecule has 0 heterocycles. The summed E-state index contributed by atoms with van der Waals surface area (Å²) in [4.78, 5) is 15.4. The van der Waals surface area contributed by atoms with E-state index in [0.717, 1.165) is 35.5 Å². The van der Waals surface area contributed by atoms with E-state index in [2.05, 4.69) is 4.90 Å². The maximum absolute atomic E-state index is 13.3. The molecule has 31 heavy (non-hydrogen) atoms. The van der Waals surface area contributed by atoms with Crippen LogP contribution in [0.5, 0.6) is 17.2 Å². The molecule has 5 nitrogen and oxygen atoms in total. The fourth-order valence-corrected chi connectivity index (χ4v) is 4.29. The van der Waals surface area contributed by atoms with Crippen LogP contribution in [0, 0.1) is 0 Å². The van der Waals surface area contributed by atoms with Crippen LogP contribution in [0.2, 0.25) is 0 Å². The van der Waals surface area contributed by atoms with Crippen LogP contribution >= 0.6 is 0 Å². The quantitative estimate of drug-likeness (QED) is 0.512. The van der Waals surface area contributed by atoms with Gasteiger partial charge in [0, 0.05) is 19.0 Å². The molecular formula is C26H35NO4. The van der Waals surface area contributed by atoms with Crippen molar-refractivity contribution in [2.24, 2.45) is 0 Å². The molecule has 0 spiro atoms. The van der Waals surface area contributed by atoms with Gasteiger partial charge in [0.15, 0.2) is 11.5 Å². The lowest BCUT2D eigenvalue weighted by Gasteiger charge is -2.30. The van der Waals surface area contributed by atoms with E-state index in [1.807, 2.05) is 56.3 Å². The highest BCUT2D eigenvalue weighted by atomic mass is 16.5. The number of ether oxygens (including phenoxy) is 3. The molecule has 1 saturated carbocycles. The van der Waals surface area contributed by atoms with Crippen LogP contribution in [0.25, 0.3) is 0 Å². The number of rotatable bonds is 10. The first-order chi connectivity index (χ1) is 15.0. The zero-order chi connectivity index (χ0) is 22.2. The number of carbonyl (C=O) groups excluding carboxylic acids is 1. The lowest BCUT2D eigenvalue weighted by atomic mass is 10.1. The highest BCUT2D eigenvalue weighted by Crippen LogP contribution is 2.31. The van der Waals surface area contributed by atoms with Crippen LogP contribution in [0.3, 0.4) is 0 Å². The predicted octanol–water partition coefficient (Wildman–Crippen LogP) is 5.40. The van der Waals surface area contributed by atoms with Crippen LogP contribution in [0.15, 0.2) is 42.5 Å². The van der Waals surface area contributed by atoms with E-state index in [1.54, 1.807) is 14.2 Å². The molecule has 0 aliphatic heterocycles. The summed E-state index contributed by atoms with van der Waals surface area (Å²) in [5.74, 6) is 2.48. The fourth-order valence-electron chi connectivity index (χ4n) is 4.29. The minimum absolute atomic E-state index is 0.0533. The predicted molar refractivity (Wildman–Crippen MR) is 123 cm³/mol. The third-order valence-electron chi connectivity index (χ3n) is 5.83. The third-order valence-corrected chi connectivity index (χ3v) is 5.83. The Morgan fingerprint density at radius 1 is 1.00 bits per heavy atom. The summed E-state index contributed by atoms with van der Waals surface area (Å²) in [5, 5.41) is 0. The minimum atomic E-state index is 0.0533. The Labute approximate surface area is 186 Å². The minimum Gasteiger partial charge on any atom is -0.496 e. The van der Waals surface area contributed by atoms with Gasteiger partial charge in [0.2, 0.25) is 5.91 Å². The molecule has 0 N–H and O–H groups in total. The number of hydrogen-bond acceptors (Lipinski definition) is 4. The number of methoxy groups -OCH3 is 2. The molecule has 0 aromatic heterocycles. The molecule has 0 radical (unpaired) electrons. The van der Waals surface area contributed by atoms with Crippen LogP contribution in [-0.4, -0.2) is 37.2 Å². The maximum atomic E-state index is 13.3. The second kappa shape index (κ2) is 11.1. The Balaban J connectivity index is 1.75. The highest BCUT2D eigenvalue weighted by molar-refractivity contribution is 5.77. The molecule has 1 fully saturated rings. The summed E-state index contributed by atoms with van der Waals surface area (Å²) < 4.78 is 16.8. The smallest absolute Gasteiger partial charge is 0.223 e. The van der Waals surface area contributed by atoms with Gasteiger partial charge < -0.3 is 19.1 Å². The van der Waals surface area contributed by atoms with Crippen molar-refractivity contribution in [3.05, 3.63) is 53.6 Å². The van der Waals surface area contributed by atoms with E-state index < -0.39 is 0 Å². The first-order valence-electron chi connectivity index (χ1n) is 11.3. The van der Waals surface area contributed by atoms with Crippen LogP contribution in [0.1, 0.15) is 57.1 Å². The standard InChI is InChI=1S/C26H35NO4/c1-19(2)31-25-17-20(13-15-24(25)30-4)18-27(22-10-6-7-11-22)26(28)16-14-21-9-5-8-12-23(21)29-3/h5,8-9,12-13,15,17,19,22H,6-7,10-11,14,16,18H2,1-4H3. The summed E-state index contributed by atoms with van der Waals surface area (Å²) in [6.45, 7) is 4.59. The van der Waals surface area contributed by atoms with E-state index in [4.69, 9.17) is 14.2 Å². The Bertz CT molecular complexity index is 858. The topological polar surface area (TPSA) is 48.0 Å². The van der Waals surface area contributed by atoms with Gasteiger partial charge in [-0.1, -0.05) is 37.1 Å². The first-order valence-corrected chi connectivity index (χ1v) is 11.3. The van der Waals surface area contributed by atoms with Gasteiger partial charge in [-0.15, -0.1) is 0 Å². The SMILES string of the molecule is COc1ccccc1CCC(=O)N(Cc1ccc(OC)c(OC(C)C)c1)C1CCCC1. The van der Waals surface area contributed by atoms with E-state index in [-0.39, 0.29) is 12.0 Å². The number of amides is 1. The van der Waals surface area contributed by atoms with Gasteiger partial charge in [0.25, 0.3) is 0 Å². The van der Waals surface area contributed by atoms with Gasteiger partial charge in [0.1, 0.15) is 5.75 Å². The molecule has 3 rings (SSSR count). The van der Waals surface area contributed by atoms with Crippen LogP contribution in [0.4, 0.5) is 0 Å². The Hall–Kier alpha value is -2.69. The molecule has 0 bridgehead atoms. The van der Waals surface area contributed by atoms with Crippen molar-refractivity contribution in [2.45, 2.75) is 71.1 Å². The van der Waals surface area contributed by atoms with Crippen LogP contribution in [-0.2, 0) is 17.8 Å². The van der Waals surface area contributed by atoms with E-state index in [9.17, 15) is 4.79 Å². The van der Waals surface area contributed by atoms with Crippen LogP contribution < -0.4 is 14.2 Å². The summed E-state index contributed by atoms with van der Waals surface area (Å²) in [6, 6.07) is 14.2. The molecule has 5 heteroatoms. The Morgan fingerprint density at radius 3 is 2.39 bits per heavy atom. The van der Waals surface area contributed by atoms with Gasteiger partial charge in [-0.2, -0.15) is 0 Å². The van der Waals surface area contributed by atoms with Crippen molar-refractivity contribution in [1.29, 1.82) is 0 Å². The summed E-state index contributed by atoms with van der Waals surface area (Å²) in [6.07, 6.45) is 5.73. The fraction of sp³-hybridized carbons (Fsp3) is 0.500. The molecular weight excluding hydrogens is 390 g/mol. The van der Waals surface area contributed by atoms with Crippen molar-refractivity contribution in [2.75, 3.05) is 14.2 Å². The number of para-hydroxylation sites is 1. The van der Waals surface area contributed by atoms with E-state index >= 15 is 0 Å². The Morgan fingerprint density at radius 2 is 1.71 bits per heavy atom. The van der Waals surface area contributed by atoms with Gasteiger partial charge in [-0.3, -0.25) is 4.79 Å². The molecule has 168 valence electrons. The maximum Gasteiger partial charge on any atom is 0.223 e. The third kappa shape index (κ3) is 6.16. The normalized spacial score (nSPS) is 14.0. The number of nitrogens with zero attached hydrogens (tertiary/aromatic N) is 1.